The second-order valence-corrected chi connectivity index (χ2v) is 6.58. The molecule has 1 saturated heterocycles. The number of nitrogens with one attached hydrogen (secondary N) is 1. The Kier molecular flexibility index (Phi) is 6.65. The lowest BCUT2D eigenvalue weighted by molar-refractivity contribution is -0.140. The summed E-state index contributed by atoms with van der Waals surface area (Å²) in [6.07, 6.45) is 1.97. The van der Waals surface area contributed by atoms with Crippen LogP contribution in [0.25, 0.3) is 0 Å². The van der Waals surface area contributed by atoms with Gasteiger partial charge in [0.25, 0.3) is 0 Å². The fraction of sp³-hybridized carbons (Fsp3) is 0.875. The predicted molar refractivity (Wildman–Crippen MR) is 82.9 cm³/mol. The van der Waals surface area contributed by atoms with Gasteiger partial charge in [-0.15, -0.1) is 0 Å². The summed E-state index contributed by atoms with van der Waals surface area (Å²) in [6, 6.07) is -0.0837. The number of hydrogen-bond acceptors (Lipinski definition) is 3. The molecule has 1 N–H and O–H groups in total. The van der Waals surface area contributed by atoms with Crippen molar-refractivity contribution in [2.45, 2.75) is 65.5 Å². The van der Waals surface area contributed by atoms with E-state index in [0.29, 0.717) is 31.9 Å². The molecule has 1 rings (SSSR count). The first kappa shape index (κ1) is 18.0. The Morgan fingerprint density at radius 3 is 2.62 bits per heavy atom. The van der Waals surface area contributed by atoms with Gasteiger partial charge < -0.3 is 15.0 Å². The maximum Gasteiger partial charge on any atom is 0.248 e. The van der Waals surface area contributed by atoms with Gasteiger partial charge in [0.15, 0.2) is 0 Å². The standard InChI is InChI=1S/C16H30N2O3/c1-6-16(5)15(20)18(13(4)11-14(19)17-16)8-10-21-9-7-12(2)3/h12-13H,6-11H2,1-5H3,(H,17,19). The van der Waals surface area contributed by atoms with Crippen LogP contribution in [0.3, 0.4) is 0 Å². The van der Waals surface area contributed by atoms with E-state index in [4.69, 9.17) is 4.74 Å². The van der Waals surface area contributed by atoms with Crippen LogP contribution in [0.4, 0.5) is 0 Å². The van der Waals surface area contributed by atoms with E-state index in [9.17, 15) is 9.59 Å². The van der Waals surface area contributed by atoms with Crippen molar-refractivity contribution in [1.29, 1.82) is 0 Å². The van der Waals surface area contributed by atoms with Gasteiger partial charge in [-0.3, -0.25) is 9.59 Å². The highest BCUT2D eigenvalue weighted by Crippen LogP contribution is 2.21. The average Bonchev–Trinajstić information content (AvgIpc) is 2.47. The van der Waals surface area contributed by atoms with Crippen LogP contribution >= 0.6 is 0 Å². The van der Waals surface area contributed by atoms with Gasteiger partial charge in [-0.05, 0) is 32.6 Å². The zero-order chi connectivity index (χ0) is 16.0. The molecule has 2 amide bonds. The quantitative estimate of drug-likeness (QED) is 0.731. The number of carbonyl (C=O) groups is 2. The topological polar surface area (TPSA) is 58.6 Å². The lowest BCUT2D eigenvalue weighted by Crippen LogP contribution is -2.55. The molecule has 1 aliphatic heterocycles. The highest BCUT2D eigenvalue weighted by molar-refractivity contribution is 5.93. The van der Waals surface area contributed by atoms with Crippen molar-refractivity contribution < 1.29 is 14.3 Å². The zero-order valence-electron chi connectivity index (χ0n) is 14.1. The van der Waals surface area contributed by atoms with Crippen LogP contribution in [0.15, 0.2) is 0 Å². The van der Waals surface area contributed by atoms with E-state index in [-0.39, 0.29) is 17.9 Å². The Bertz CT molecular complexity index is 371. The predicted octanol–water partition coefficient (Wildman–Crippen LogP) is 1.95. The highest BCUT2D eigenvalue weighted by atomic mass is 16.5. The maximum absolute atomic E-state index is 12.7. The largest absolute Gasteiger partial charge is 0.380 e. The minimum Gasteiger partial charge on any atom is -0.380 e. The first-order valence-corrected chi connectivity index (χ1v) is 8.00. The van der Waals surface area contributed by atoms with E-state index >= 15 is 0 Å². The molecule has 0 aromatic rings. The second-order valence-electron chi connectivity index (χ2n) is 6.58. The summed E-state index contributed by atoms with van der Waals surface area (Å²) in [5.74, 6) is 0.563. The molecule has 1 aliphatic rings. The summed E-state index contributed by atoms with van der Waals surface area (Å²) in [7, 11) is 0. The van der Waals surface area contributed by atoms with E-state index in [2.05, 4.69) is 19.2 Å². The van der Waals surface area contributed by atoms with Crippen molar-refractivity contribution in [1.82, 2.24) is 10.2 Å². The summed E-state index contributed by atoms with van der Waals surface area (Å²) < 4.78 is 5.61. The van der Waals surface area contributed by atoms with E-state index in [1.54, 1.807) is 11.8 Å². The van der Waals surface area contributed by atoms with Gasteiger partial charge in [0, 0.05) is 25.6 Å². The van der Waals surface area contributed by atoms with Crippen molar-refractivity contribution in [2.24, 2.45) is 5.92 Å². The van der Waals surface area contributed by atoms with Crippen molar-refractivity contribution in [3.8, 4) is 0 Å². The monoisotopic (exact) mass is 298 g/mol. The number of nitrogens with zero attached hydrogens (tertiary/aromatic N) is 1. The smallest absolute Gasteiger partial charge is 0.248 e. The third kappa shape index (κ3) is 4.99. The molecule has 1 heterocycles. The van der Waals surface area contributed by atoms with Crippen LogP contribution in [-0.2, 0) is 14.3 Å². The van der Waals surface area contributed by atoms with E-state index in [1.807, 2.05) is 13.8 Å². The van der Waals surface area contributed by atoms with Crippen molar-refractivity contribution in [2.75, 3.05) is 19.8 Å². The molecule has 0 aromatic carbocycles. The van der Waals surface area contributed by atoms with Crippen LogP contribution < -0.4 is 5.32 Å². The summed E-state index contributed by atoms with van der Waals surface area (Å²) in [5.41, 5.74) is -0.792. The van der Waals surface area contributed by atoms with Gasteiger partial charge in [-0.1, -0.05) is 20.8 Å². The van der Waals surface area contributed by atoms with Crippen LogP contribution in [0.2, 0.25) is 0 Å². The molecular formula is C16H30N2O3. The first-order valence-electron chi connectivity index (χ1n) is 8.00. The Hall–Kier alpha value is -1.10. The van der Waals surface area contributed by atoms with E-state index in [1.165, 1.54) is 0 Å². The fourth-order valence-electron chi connectivity index (χ4n) is 2.45. The molecule has 122 valence electrons. The molecular weight excluding hydrogens is 268 g/mol. The third-order valence-corrected chi connectivity index (χ3v) is 4.18. The van der Waals surface area contributed by atoms with Crippen molar-refractivity contribution >= 4 is 11.8 Å². The number of amides is 2. The maximum atomic E-state index is 12.7. The number of ether oxygens (including phenoxy) is 1. The number of hydrogen-bond donors (Lipinski definition) is 1. The Labute approximate surface area is 128 Å². The molecule has 0 saturated carbocycles. The van der Waals surface area contributed by atoms with Crippen LogP contribution in [0, 0.1) is 5.92 Å². The van der Waals surface area contributed by atoms with Crippen LogP contribution in [-0.4, -0.2) is 48.1 Å². The molecule has 5 heteroatoms. The van der Waals surface area contributed by atoms with Gasteiger partial charge >= 0.3 is 0 Å². The fourth-order valence-corrected chi connectivity index (χ4v) is 2.45. The zero-order valence-corrected chi connectivity index (χ0v) is 14.1. The third-order valence-electron chi connectivity index (χ3n) is 4.18. The summed E-state index contributed by atoms with van der Waals surface area (Å²) in [4.78, 5) is 26.4. The number of carbonyl (C=O) groups excluding carboxylic acids is 2. The van der Waals surface area contributed by atoms with Gasteiger partial charge in [-0.25, -0.2) is 0 Å². The molecule has 0 spiro atoms. The van der Waals surface area contributed by atoms with E-state index < -0.39 is 5.54 Å². The molecule has 5 nitrogen and oxygen atoms in total. The summed E-state index contributed by atoms with van der Waals surface area (Å²) in [5, 5.41) is 2.86. The molecule has 0 aliphatic carbocycles. The van der Waals surface area contributed by atoms with Crippen molar-refractivity contribution in [3.05, 3.63) is 0 Å². The minimum atomic E-state index is -0.792. The molecule has 0 bridgehead atoms. The normalized spacial score (nSPS) is 27.0. The lowest BCUT2D eigenvalue weighted by atomic mass is 9.97. The van der Waals surface area contributed by atoms with Gasteiger partial charge in [0.1, 0.15) is 5.54 Å². The van der Waals surface area contributed by atoms with Gasteiger partial charge in [0.05, 0.1) is 6.61 Å². The van der Waals surface area contributed by atoms with Crippen LogP contribution in [0.5, 0.6) is 0 Å². The average molecular weight is 298 g/mol. The molecule has 2 unspecified atom stereocenters. The SMILES string of the molecule is CCC1(C)NC(=O)CC(C)N(CCOCCC(C)C)C1=O. The van der Waals surface area contributed by atoms with Crippen molar-refractivity contribution in [3.63, 3.8) is 0 Å². The molecule has 1 fully saturated rings. The van der Waals surface area contributed by atoms with Gasteiger partial charge in [-0.2, -0.15) is 0 Å². The van der Waals surface area contributed by atoms with E-state index in [0.717, 1.165) is 13.0 Å². The van der Waals surface area contributed by atoms with Gasteiger partial charge in [0.2, 0.25) is 11.8 Å². The number of rotatable bonds is 7. The molecule has 21 heavy (non-hydrogen) atoms. The minimum absolute atomic E-state index is 0.00388. The second kappa shape index (κ2) is 7.78. The molecule has 0 radical (unpaired) electrons. The lowest BCUT2D eigenvalue weighted by Gasteiger charge is -2.33. The Balaban J connectivity index is 2.60. The Morgan fingerprint density at radius 2 is 2.05 bits per heavy atom. The summed E-state index contributed by atoms with van der Waals surface area (Å²) >= 11 is 0. The first-order chi connectivity index (χ1) is 9.80. The van der Waals surface area contributed by atoms with Crippen LogP contribution in [0.1, 0.15) is 53.9 Å². The molecule has 2 atom stereocenters. The highest BCUT2D eigenvalue weighted by Gasteiger charge is 2.41. The molecule has 0 aromatic heterocycles. The Morgan fingerprint density at radius 1 is 1.38 bits per heavy atom. The summed E-state index contributed by atoms with van der Waals surface area (Å²) in [6.45, 7) is 11.8.